The number of nitrogens with zero attached hydrogens (tertiary/aromatic N) is 1. The van der Waals surface area contributed by atoms with Gasteiger partial charge in [0, 0.05) is 12.4 Å². The highest BCUT2D eigenvalue weighted by Gasteiger charge is 2.34. The lowest BCUT2D eigenvalue weighted by molar-refractivity contribution is -0.137. The normalized spacial score (nSPS) is 11.2. The Bertz CT molecular complexity index is 624. The Kier molecular flexibility index (Phi) is 3.74. The smallest absolute Gasteiger partial charge is 0.417 e. The van der Waals surface area contributed by atoms with Crippen molar-refractivity contribution in [2.45, 2.75) is 6.18 Å². The first-order chi connectivity index (χ1) is 9.43. The summed E-state index contributed by atoms with van der Waals surface area (Å²) < 4.78 is 43.6. The predicted octanol–water partition coefficient (Wildman–Crippen LogP) is 3.55. The second-order valence-corrected chi connectivity index (χ2v) is 3.99. The SMILES string of the molecule is COC(=O)c1ccc(C(F)(F)F)c(-c2ccncc2)c1. The average molecular weight is 281 g/mol. The summed E-state index contributed by atoms with van der Waals surface area (Å²) in [6.07, 6.45) is -1.73. The van der Waals surface area contributed by atoms with Gasteiger partial charge >= 0.3 is 12.1 Å². The molecule has 0 N–H and O–H groups in total. The van der Waals surface area contributed by atoms with E-state index in [1.54, 1.807) is 0 Å². The van der Waals surface area contributed by atoms with Crippen LogP contribution in [0.5, 0.6) is 0 Å². The molecule has 0 aliphatic carbocycles. The van der Waals surface area contributed by atoms with Crippen molar-refractivity contribution < 1.29 is 22.7 Å². The molecule has 0 aliphatic rings. The Morgan fingerprint density at radius 2 is 1.80 bits per heavy atom. The molecule has 0 atom stereocenters. The van der Waals surface area contributed by atoms with Crippen LogP contribution in [0.3, 0.4) is 0 Å². The number of pyridine rings is 1. The molecule has 2 rings (SSSR count). The third-order valence-electron chi connectivity index (χ3n) is 2.74. The molecule has 1 heterocycles. The van der Waals surface area contributed by atoms with Crippen LogP contribution in [0.2, 0.25) is 0 Å². The second-order valence-electron chi connectivity index (χ2n) is 3.99. The maximum Gasteiger partial charge on any atom is 0.417 e. The van der Waals surface area contributed by atoms with Crippen molar-refractivity contribution in [2.24, 2.45) is 0 Å². The third-order valence-corrected chi connectivity index (χ3v) is 2.74. The van der Waals surface area contributed by atoms with Gasteiger partial charge < -0.3 is 4.74 Å². The summed E-state index contributed by atoms with van der Waals surface area (Å²) in [5.74, 6) is -0.686. The van der Waals surface area contributed by atoms with Crippen molar-refractivity contribution in [3.05, 3.63) is 53.9 Å². The Morgan fingerprint density at radius 3 is 2.35 bits per heavy atom. The number of alkyl halides is 3. The number of carbonyl (C=O) groups is 1. The van der Waals surface area contributed by atoms with Crippen molar-refractivity contribution in [3.63, 3.8) is 0 Å². The van der Waals surface area contributed by atoms with Gasteiger partial charge in [-0.05, 0) is 41.5 Å². The number of benzene rings is 1. The van der Waals surface area contributed by atoms with E-state index in [1.165, 1.54) is 37.7 Å². The van der Waals surface area contributed by atoms with Crippen LogP contribution in [-0.2, 0) is 10.9 Å². The average Bonchev–Trinajstić information content (AvgIpc) is 2.45. The van der Waals surface area contributed by atoms with E-state index in [-0.39, 0.29) is 11.1 Å². The number of methoxy groups -OCH3 is 1. The highest BCUT2D eigenvalue weighted by Crippen LogP contribution is 2.37. The van der Waals surface area contributed by atoms with Gasteiger partial charge in [0.15, 0.2) is 0 Å². The van der Waals surface area contributed by atoms with Crippen molar-refractivity contribution in [1.29, 1.82) is 0 Å². The van der Waals surface area contributed by atoms with E-state index in [0.717, 1.165) is 12.1 Å². The summed E-state index contributed by atoms with van der Waals surface area (Å²) in [6, 6.07) is 6.04. The van der Waals surface area contributed by atoms with Gasteiger partial charge in [0.25, 0.3) is 0 Å². The fourth-order valence-electron chi connectivity index (χ4n) is 1.81. The topological polar surface area (TPSA) is 39.2 Å². The Labute approximate surface area is 113 Å². The van der Waals surface area contributed by atoms with E-state index in [1.807, 2.05) is 0 Å². The molecule has 0 radical (unpaired) electrons. The zero-order valence-electron chi connectivity index (χ0n) is 10.4. The molecule has 0 fully saturated rings. The molecule has 2 aromatic rings. The van der Waals surface area contributed by atoms with Crippen molar-refractivity contribution in [2.75, 3.05) is 7.11 Å². The first kappa shape index (κ1) is 14.0. The number of hydrogen-bond acceptors (Lipinski definition) is 3. The number of esters is 1. The lowest BCUT2D eigenvalue weighted by Gasteiger charge is -2.14. The van der Waals surface area contributed by atoms with Gasteiger partial charge in [-0.15, -0.1) is 0 Å². The maximum atomic E-state index is 13.0. The Morgan fingerprint density at radius 1 is 1.15 bits per heavy atom. The number of carbonyl (C=O) groups excluding carboxylic acids is 1. The van der Waals surface area contributed by atoms with Crippen molar-refractivity contribution in [3.8, 4) is 11.1 Å². The Hall–Kier alpha value is -2.37. The van der Waals surface area contributed by atoms with Crippen LogP contribution in [-0.4, -0.2) is 18.1 Å². The van der Waals surface area contributed by atoms with Crippen LogP contribution < -0.4 is 0 Å². The molecular formula is C14H10F3NO2. The second kappa shape index (κ2) is 5.32. The minimum atomic E-state index is -4.51. The first-order valence-electron chi connectivity index (χ1n) is 5.63. The summed E-state index contributed by atoms with van der Waals surface area (Å²) in [4.78, 5) is 15.2. The molecule has 104 valence electrons. The molecule has 1 aromatic carbocycles. The standard InChI is InChI=1S/C14H10F3NO2/c1-20-13(19)10-2-3-12(14(15,16)17)11(8-10)9-4-6-18-7-5-9/h2-8H,1H3. The summed E-state index contributed by atoms with van der Waals surface area (Å²) in [7, 11) is 1.17. The molecule has 20 heavy (non-hydrogen) atoms. The van der Waals surface area contributed by atoms with Gasteiger partial charge in [-0.1, -0.05) is 0 Å². The highest BCUT2D eigenvalue weighted by atomic mass is 19.4. The van der Waals surface area contributed by atoms with Crippen molar-refractivity contribution in [1.82, 2.24) is 4.98 Å². The van der Waals surface area contributed by atoms with Gasteiger partial charge in [0.1, 0.15) is 0 Å². The molecule has 0 saturated carbocycles. The largest absolute Gasteiger partial charge is 0.465 e. The van der Waals surface area contributed by atoms with E-state index in [2.05, 4.69) is 9.72 Å². The number of halogens is 3. The quantitative estimate of drug-likeness (QED) is 0.790. The maximum absolute atomic E-state index is 13.0. The molecule has 0 amide bonds. The van der Waals surface area contributed by atoms with E-state index in [4.69, 9.17) is 0 Å². The minimum absolute atomic E-state index is 0.0623. The number of ether oxygens (including phenoxy) is 1. The van der Waals surface area contributed by atoms with Crippen LogP contribution in [0.4, 0.5) is 13.2 Å². The minimum Gasteiger partial charge on any atom is -0.465 e. The molecule has 6 heteroatoms. The lowest BCUT2D eigenvalue weighted by atomic mass is 9.97. The number of rotatable bonds is 2. The Balaban J connectivity index is 2.64. The van der Waals surface area contributed by atoms with Gasteiger partial charge in [-0.3, -0.25) is 4.98 Å². The van der Waals surface area contributed by atoms with Crippen LogP contribution in [0.25, 0.3) is 11.1 Å². The lowest BCUT2D eigenvalue weighted by Crippen LogP contribution is -2.09. The van der Waals surface area contributed by atoms with Crippen LogP contribution in [0, 0.1) is 0 Å². The zero-order chi connectivity index (χ0) is 14.8. The molecule has 0 bridgehead atoms. The molecule has 0 saturated heterocycles. The fraction of sp³-hybridized carbons (Fsp3) is 0.143. The first-order valence-corrected chi connectivity index (χ1v) is 5.63. The molecule has 0 aliphatic heterocycles. The molecule has 1 aromatic heterocycles. The third kappa shape index (κ3) is 2.79. The van der Waals surface area contributed by atoms with Gasteiger partial charge in [-0.2, -0.15) is 13.2 Å². The van der Waals surface area contributed by atoms with E-state index in [9.17, 15) is 18.0 Å². The number of hydrogen-bond donors (Lipinski definition) is 0. The predicted molar refractivity (Wildman–Crippen MR) is 66.0 cm³/mol. The summed E-state index contributed by atoms with van der Waals surface area (Å²) in [5.41, 5.74) is -0.496. The van der Waals surface area contributed by atoms with Crippen molar-refractivity contribution >= 4 is 5.97 Å². The van der Waals surface area contributed by atoms with Gasteiger partial charge in [0.05, 0.1) is 18.2 Å². The zero-order valence-corrected chi connectivity index (χ0v) is 10.4. The van der Waals surface area contributed by atoms with Crippen LogP contribution in [0.15, 0.2) is 42.7 Å². The van der Waals surface area contributed by atoms with Crippen LogP contribution in [0.1, 0.15) is 15.9 Å². The van der Waals surface area contributed by atoms with Crippen LogP contribution >= 0.6 is 0 Å². The highest BCUT2D eigenvalue weighted by molar-refractivity contribution is 5.91. The van der Waals surface area contributed by atoms with Gasteiger partial charge in [0.2, 0.25) is 0 Å². The van der Waals surface area contributed by atoms with E-state index >= 15 is 0 Å². The number of aromatic nitrogens is 1. The van der Waals surface area contributed by atoms with E-state index < -0.39 is 17.7 Å². The molecule has 0 unspecified atom stereocenters. The summed E-state index contributed by atoms with van der Waals surface area (Å²) >= 11 is 0. The van der Waals surface area contributed by atoms with E-state index in [0.29, 0.717) is 5.56 Å². The molecule has 0 spiro atoms. The molecule has 3 nitrogen and oxygen atoms in total. The molecular weight excluding hydrogens is 271 g/mol. The summed E-state index contributed by atoms with van der Waals surface area (Å²) in [5, 5.41) is 0. The van der Waals surface area contributed by atoms with Gasteiger partial charge in [-0.25, -0.2) is 4.79 Å². The fourth-order valence-corrected chi connectivity index (χ4v) is 1.81. The summed E-state index contributed by atoms with van der Waals surface area (Å²) in [6.45, 7) is 0. The monoisotopic (exact) mass is 281 g/mol.